The average Bonchev–Trinajstić information content (AvgIpc) is 2.91. The molecule has 0 N–H and O–H groups in total. The third-order valence-electron chi connectivity index (χ3n) is 6.05. The van der Waals surface area contributed by atoms with E-state index in [1.54, 1.807) is 20.1 Å². The van der Waals surface area contributed by atoms with Gasteiger partial charge in [0.15, 0.2) is 0 Å². The fourth-order valence-corrected chi connectivity index (χ4v) is 3.93. The van der Waals surface area contributed by atoms with E-state index in [9.17, 15) is 14.9 Å². The molecule has 6 heteroatoms. The van der Waals surface area contributed by atoms with Crippen LogP contribution >= 0.6 is 0 Å². The minimum absolute atomic E-state index is 0.0154. The van der Waals surface area contributed by atoms with Gasteiger partial charge in [-0.2, -0.15) is 5.26 Å². The van der Waals surface area contributed by atoms with Gasteiger partial charge >= 0.3 is 0 Å². The van der Waals surface area contributed by atoms with Crippen LogP contribution in [0.2, 0.25) is 0 Å². The van der Waals surface area contributed by atoms with Crippen molar-refractivity contribution in [1.82, 2.24) is 4.90 Å². The van der Waals surface area contributed by atoms with Crippen molar-refractivity contribution >= 4 is 17.9 Å². The lowest BCUT2D eigenvalue weighted by molar-refractivity contribution is -0.140. The average molecular weight is 479 g/mol. The summed E-state index contributed by atoms with van der Waals surface area (Å²) >= 11 is 0. The Morgan fingerprint density at radius 3 is 2.17 bits per heavy atom. The van der Waals surface area contributed by atoms with Crippen molar-refractivity contribution in [3.63, 3.8) is 0 Å². The van der Waals surface area contributed by atoms with Gasteiger partial charge < -0.3 is 9.47 Å². The van der Waals surface area contributed by atoms with Crippen LogP contribution in [0, 0.1) is 11.3 Å². The van der Waals surface area contributed by atoms with E-state index in [4.69, 9.17) is 9.47 Å². The van der Waals surface area contributed by atoms with Crippen LogP contribution in [0.3, 0.4) is 0 Å². The number of rotatable bonds is 8. The van der Waals surface area contributed by atoms with E-state index in [0.29, 0.717) is 29.9 Å². The minimum Gasteiger partial charge on any atom is -0.497 e. The fraction of sp³-hybridized carbons (Fsp3) is 0.167. The van der Waals surface area contributed by atoms with Gasteiger partial charge in [-0.1, -0.05) is 54.6 Å². The molecule has 3 aromatic rings. The van der Waals surface area contributed by atoms with Crippen LogP contribution in [-0.4, -0.2) is 30.4 Å². The van der Waals surface area contributed by atoms with Crippen molar-refractivity contribution in [1.29, 1.82) is 5.26 Å². The van der Waals surface area contributed by atoms with Gasteiger partial charge in [-0.3, -0.25) is 14.5 Å². The molecule has 6 nitrogen and oxygen atoms in total. The summed E-state index contributed by atoms with van der Waals surface area (Å²) in [5.74, 6) is 0.470. The lowest BCUT2D eigenvalue weighted by atomic mass is 9.93. The molecule has 36 heavy (non-hydrogen) atoms. The summed E-state index contributed by atoms with van der Waals surface area (Å²) in [7, 11) is 1.59. The first-order valence-electron chi connectivity index (χ1n) is 11.6. The van der Waals surface area contributed by atoms with Gasteiger partial charge in [0.1, 0.15) is 29.7 Å². The molecule has 4 rings (SSSR count). The molecule has 0 saturated heterocycles. The van der Waals surface area contributed by atoms with Crippen LogP contribution in [0.5, 0.6) is 11.5 Å². The SMILES string of the molecule is COc1ccc(CCN2C(=O)C(C#N)=C(C)/C(=C\c3ccc(OCc4ccccc4)cc3)C2=O)cc1. The number of benzene rings is 3. The number of carbonyl (C=O) groups is 2. The van der Waals surface area contributed by atoms with E-state index in [1.165, 1.54) is 0 Å². The molecule has 0 unspecified atom stereocenters. The molecule has 1 heterocycles. The second-order valence-corrected chi connectivity index (χ2v) is 8.37. The quantitative estimate of drug-likeness (QED) is 0.332. The lowest BCUT2D eigenvalue weighted by Gasteiger charge is -2.27. The first-order chi connectivity index (χ1) is 17.5. The smallest absolute Gasteiger partial charge is 0.271 e. The number of hydrogen-bond acceptors (Lipinski definition) is 5. The number of imide groups is 1. The highest BCUT2D eigenvalue weighted by Crippen LogP contribution is 2.28. The summed E-state index contributed by atoms with van der Waals surface area (Å²) in [5.41, 5.74) is 3.50. The first kappa shape index (κ1) is 24.5. The zero-order valence-corrected chi connectivity index (χ0v) is 20.2. The number of carbonyl (C=O) groups excluding carboxylic acids is 2. The summed E-state index contributed by atoms with van der Waals surface area (Å²) in [6, 6.07) is 26.7. The van der Waals surface area contributed by atoms with Crippen molar-refractivity contribution in [3.05, 3.63) is 112 Å². The molecule has 3 aromatic carbocycles. The van der Waals surface area contributed by atoms with Gasteiger partial charge in [0, 0.05) is 12.1 Å². The number of methoxy groups -OCH3 is 1. The lowest BCUT2D eigenvalue weighted by Crippen LogP contribution is -2.43. The van der Waals surface area contributed by atoms with Crippen LogP contribution in [0.15, 0.2) is 95.6 Å². The monoisotopic (exact) mass is 478 g/mol. The Morgan fingerprint density at radius 1 is 0.861 bits per heavy atom. The summed E-state index contributed by atoms with van der Waals surface area (Å²) in [5, 5.41) is 9.63. The van der Waals surface area contributed by atoms with Gasteiger partial charge in [0.25, 0.3) is 11.8 Å². The molecule has 0 atom stereocenters. The van der Waals surface area contributed by atoms with E-state index < -0.39 is 11.8 Å². The Labute approximate surface area is 210 Å². The molecule has 1 aliphatic heterocycles. The maximum absolute atomic E-state index is 13.3. The zero-order valence-electron chi connectivity index (χ0n) is 20.2. The zero-order chi connectivity index (χ0) is 25.5. The van der Waals surface area contributed by atoms with E-state index in [-0.39, 0.29) is 12.1 Å². The van der Waals surface area contributed by atoms with Crippen LogP contribution in [0.25, 0.3) is 6.08 Å². The second-order valence-electron chi connectivity index (χ2n) is 8.37. The fourth-order valence-electron chi connectivity index (χ4n) is 3.93. The molecule has 0 bridgehead atoms. The Hall–Kier alpha value is -4.63. The molecule has 180 valence electrons. The van der Waals surface area contributed by atoms with Crippen molar-refractivity contribution in [2.75, 3.05) is 13.7 Å². The van der Waals surface area contributed by atoms with Crippen molar-refractivity contribution in [2.45, 2.75) is 20.0 Å². The molecule has 1 aliphatic rings. The van der Waals surface area contributed by atoms with Crippen LogP contribution in [0.4, 0.5) is 0 Å². The van der Waals surface area contributed by atoms with Gasteiger partial charge in [-0.05, 0) is 65.9 Å². The molecule has 0 saturated carbocycles. The maximum Gasteiger partial charge on any atom is 0.271 e. The molecule has 0 aromatic heterocycles. The molecular formula is C30H26N2O4. The Bertz CT molecular complexity index is 1350. The molecule has 0 fully saturated rings. The topological polar surface area (TPSA) is 79.6 Å². The predicted molar refractivity (Wildman–Crippen MR) is 137 cm³/mol. The largest absolute Gasteiger partial charge is 0.497 e. The Balaban J connectivity index is 1.51. The molecule has 0 radical (unpaired) electrons. The molecular weight excluding hydrogens is 452 g/mol. The highest BCUT2D eigenvalue weighted by Gasteiger charge is 2.35. The van der Waals surface area contributed by atoms with Gasteiger partial charge in [-0.25, -0.2) is 0 Å². The summed E-state index contributed by atoms with van der Waals surface area (Å²) in [6.45, 7) is 2.27. The summed E-state index contributed by atoms with van der Waals surface area (Å²) in [4.78, 5) is 27.4. The minimum atomic E-state index is -0.560. The number of ether oxygens (including phenoxy) is 2. The van der Waals surface area contributed by atoms with E-state index in [1.807, 2.05) is 84.9 Å². The maximum atomic E-state index is 13.3. The third kappa shape index (κ3) is 5.53. The highest BCUT2D eigenvalue weighted by molar-refractivity contribution is 6.19. The van der Waals surface area contributed by atoms with Crippen LogP contribution < -0.4 is 9.47 Å². The van der Waals surface area contributed by atoms with Crippen molar-refractivity contribution in [2.24, 2.45) is 0 Å². The molecule has 0 aliphatic carbocycles. The number of nitrogens with zero attached hydrogens (tertiary/aromatic N) is 2. The number of nitriles is 1. The van der Waals surface area contributed by atoms with Gasteiger partial charge in [0.2, 0.25) is 0 Å². The Morgan fingerprint density at radius 2 is 1.53 bits per heavy atom. The summed E-state index contributed by atoms with van der Waals surface area (Å²) < 4.78 is 11.0. The van der Waals surface area contributed by atoms with Gasteiger partial charge in [0.05, 0.1) is 7.11 Å². The first-order valence-corrected chi connectivity index (χ1v) is 11.6. The molecule has 2 amide bonds. The van der Waals surface area contributed by atoms with Crippen molar-refractivity contribution < 1.29 is 19.1 Å². The second kappa shape index (κ2) is 11.2. The normalized spacial score (nSPS) is 14.7. The molecule has 0 spiro atoms. The van der Waals surface area contributed by atoms with E-state index in [2.05, 4.69) is 0 Å². The third-order valence-corrected chi connectivity index (χ3v) is 6.05. The predicted octanol–water partition coefficient (Wildman–Crippen LogP) is 5.11. The number of hydrogen-bond donors (Lipinski definition) is 0. The Kier molecular flexibility index (Phi) is 7.62. The van der Waals surface area contributed by atoms with Crippen LogP contribution in [0.1, 0.15) is 23.6 Å². The van der Waals surface area contributed by atoms with E-state index in [0.717, 1.165) is 27.3 Å². The van der Waals surface area contributed by atoms with E-state index >= 15 is 0 Å². The highest BCUT2D eigenvalue weighted by atomic mass is 16.5. The number of amides is 2. The van der Waals surface area contributed by atoms with Crippen LogP contribution in [-0.2, 0) is 22.6 Å². The summed E-state index contributed by atoms with van der Waals surface area (Å²) in [6.07, 6.45) is 2.18. The van der Waals surface area contributed by atoms with Crippen molar-refractivity contribution in [3.8, 4) is 17.6 Å². The standard InChI is InChI=1S/C30H26N2O4/c1-21-27(18-23-10-14-26(15-11-23)36-20-24-6-4-3-5-7-24)29(33)32(30(34)28(21)19-31)17-16-22-8-12-25(35-2)13-9-22/h3-15,18H,16-17,20H2,1-2H3/b27-18+. The van der Waals surface area contributed by atoms with Gasteiger partial charge in [-0.15, -0.1) is 0 Å².